The maximum Gasteiger partial charge on any atom is 0.222 e. The smallest absolute Gasteiger partial charge is 0.222 e. The third-order valence-corrected chi connectivity index (χ3v) is 3.10. The third kappa shape index (κ3) is 6.17. The van der Waals surface area contributed by atoms with Crippen molar-refractivity contribution < 1.29 is 9.59 Å². The fourth-order valence-electron chi connectivity index (χ4n) is 2.02. The first-order chi connectivity index (χ1) is 11.1. The van der Waals surface area contributed by atoms with Gasteiger partial charge in [-0.25, -0.2) is 0 Å². The lowest BCUT2D eigenvalue weighted by Gasteiger charge is -2.09. The zero-order chi connectivity index (χ0) is 16.5. The minimum atomic E-state index is -0.113. The second-order valence-electron chi connectivity index (χ2n) is 5.07. The Balaban J connectivity index is 1.72. The summed E-state index contributed by atoms with van der Waals surface area (Å²) >= 11 is 0. The van der Waals surface area contributed by atoms with Crippen molar-refractivity contribution in [2.45, 2.75) is 19.9 Å². The zero-order valence-corrected chi connectivity index (χ0v) is 13.0. The summed E-state index contributed by atoms with van der Waals surface area (Å²) in [7, 11) is 0. The second-order valence-corrected chi connectivity index (χ2v) is 5.07. The molecule has 0 radical (unpaired) electrons. The van der Waals surface area contributed by atoms with E-state index < -0.39 is 0 Å². The monoisotopic (exact) mass is 312 g/mol. The van der Waals surface area contributed by atoms with Crippen LogP contribution in [0.5, 0.6) is 0 Å². The fourth-order valence-corrected chi connectivity index (χ4v) is 2.02. The molecule has 0 spiro atoms. The summed E-state index contributed by atoms with van der Waals surface area (Å²) in [6.07, 6.45) is 3.77. The first-order valence-corrected chi connectivity index (χ1v) is 7.40. The number of aromatic nitrogens is 1. The number of hydrogen-bond donors (Lipinski definition) is 3. The fraction of sp³-hybridized carbons (Fsp3) is 0.235. The molecular formula is C17H20N4O2. The number of rotatable bonds is 7. The minimum absolute atomic E-state index is 0.0210. The van der Waals surface area contributed by atoms with Crippen LogP contribution in [0, 0.1) is 0 Å². The van der Waals surface area contributed by atoms with Gasteiger partial charge in [0.2, 0.25) is 11.8 Å². The maximum atomic E-state index is 11.8. The minimum Gasteiger partial charge on any atom is -0.384 e. The molecule has 0 aliphatic rings. The third-order valence-electron chi connectivity index (χ3n) is 3.10. The number of anilines is 2. The van der Waals surface area contributed by atoms with Crippen molar-refractivity contribution in [2.24, 2.45) is 0 Å². The predicted molar refractivity (Wildman–Crippen MR) is 89.9 cm³/mol. The number of benzene rings is 1. The van der Waals surface area contributed by atoms with Crippen LogP contribution in [0.3, 0.4) is 0 Å². The summed E-state index contributed by atoms with van der Waals surface area (Å²) in [6.45, 7) is 2.48. The summed E-state index contributed by atoms with van der Waals surface area (Å²) < 4.78 is 0. The van der Waals surface area contributed by atoms with Crippen molar-refractivity contribution in [3.8, 4) is 0 Å². The van der Waals surface area contributed by atoms with E-state index in [1.807, 2.05) is 36.4 Å². The Bertz CT molecular complexity index is 659. The van der Waals surface area contributed by atoms with Crippen LogP contribution in [0.15, 0.2) is 48.8 Å². The van der Waals surface area contributed by atoms with E-state index >= 15 is 0 Å². The normalized spacial score (nSPS) is 9.96. The van der Waals surface area contributed by atoms with Gasteiger partial charge in [0.15, 0.2) is 0 Å². The molecule has 2 aromatic rings. The molecule has 0 unspecified atom stereocenters. The van der Waals surface area contributed by atoms with Crippen molar-refractivity contribution in [3.05, 3.63) is 54.4 Å². The summed E-state index contributed by atoms with van der Waals surface area (Å²) in [4.78, 5) is 26.8. The summed E-state index contributed by atoms with van der Waals surface area (Å²) in [5.74, 6) is -0.134. The highest BCUT2D eigenvalue weighted by Gasteiger charge is 2.02. The van der Waals surface area contributed by atoms with Gasteiger partial charge in [-0.2, -0.15) is 0 Å². The van der Waals surface area contributed by atoms with Crippen LogP contribution < -0.4 is 16.0 Å². The van der Waals surface area contributed by atoms with Gasteiger partial charge in [0, 0.05) is 50.2 Å². The standard InChI is InChI=1S/C17H20N4O2/c1-13(22)21-16-4-2-3-15(11-16)19-10-7-17(23)20-12-14-5-8-18-9-6-14/h2-6,8-9,11,19H,7,10,12H2,1H3,(H,20,23)(H,21,22). The van der Waals surface area contributed by atoms with Crippen LogP contribution in [-0.2, 0) is 16.1 Å². The number of pyridine rings is 1. The number of hydrogen-bond acceptors (Lipinski definition) is 4. The lowest BCUT2D eigenvalue weighted by molar-refractivity contribution is -0.121. The summed E-state index contributed by atoms with van der Waals surface area (Å²) in [5, 5.41) is 8.74. The van der Waals surface area contributed by atoms with E-state index in [0.717, 1.165) is 16.9 Å². The van der Waals surface area contributed by atoms with Gasteiger partial charge in [-0.05, 0) is 35.9 Å². The van der Waals surface area contributed by atoms with Gasteiger partial charge in [0.25, 0.3) is 0 Å². The number of nitrogens with zero attached hydrogens (tertiary/aromatic N) is 1. The Kier molecular flexibility index (Phi) is 6.11. The van der Waals surface area contributed by atoms with Crippen molar-refractivity contribution in [1.29, 1.82) is 0 Å². The Hall–Kier alpha value is -2.89. The van der Waals surface area contributed by atoms with Crippen molar-refractivity contribution in [1.82, 2.24) is 10.3 Å². The summed E-state index contributed by atoms with van der Waals surface area (Å²) in [5.41, 5.74) is 2.60. The van der Waals surface area contributed by atoms with Gasteiger partial charge in [-0.1, -0.05) is 6.07 Å². The molecule has 0 bridgehead atoms. The largest absolute Gasteiger partial charge is 0.384 e. The Morgan fingerprint density at radius 3 is 2.57 bits per heavy atom. The highest BCUT2D eigenvalue weighted by Crippen LogP contribution is 2.14. The van der Waals surface area contributed by atoms with Gasteiger partial charge in [0.1, 0.15) is 0 Å². The molecule has 0 atom stereocenters. The number of amides is 2. The topological polar surface area (TPSA) is 83.1 Å². The molecule has 2 rings (SSSR count). The molecule has 0 saturated heterocycles. The van der Waals surface area contributed by atoms with E-state index in [4.69, 9.17) is 0 Å². The highest BCUT2D eigenvalue weighted by molar-refractivity contribution is 5.89. The molecule has 6 nitrogen and oxygen atoms in total. The molecule has 6 heteroatoms. The molecule has 3 N–H and O–H groups in total. The van der Waals surface area contributed by atoms with Crippen LogP contribution in [0.4, 0.5) is 11.4 Å². The molecule has 0 aliphatic heterocycles. The second kappa shape index (κ2) is 8.53. The molecular weight excluding hydrogens is 292 g/mol. The first-order valence-electron chi connectivity index (χ1n) is 7.40. The van der Waals surface area contributed by atoms with Gasteiger partial charge in [-0.3, -0.25) is 14.6 Å². The molecule has 0 aliphatic carbocycles. The zero-order valence-electron chi connectivity index (χ0n) is 13.0. The van der Waals surface area contributed by atoms with Crippen LogP contribution in [0.1, 0.15) is 18.9 Å². The van der Waals surface area contributed by atoms with Crippen molar-refractivity contribution >= 4 is 23.2 Å². The van der Waals surface area contributed by atoms with Crippen molar-refractivity contribution in [2.75, 3.05) is 17.2 Å². The van der Waals surface area contributed by atoms with Crippen LogP contribution in [0.25, 0.3) is 0 Å². The van der Waals surface area contributed by atoms with Crippen LogP contribution in [-0.4, -0.2) is 23.3 Å². The Labute approximate surface area is 135 Å². The van der Waals surface area contributed by atoms with Gasteiger partial charge in [0.05, 0.1) is 0 Å². The van der Waals surface area contributed by atoms with E-state index in [1.165, 1.54) is 6.92 Å². The van der Waals surface area contributed by atoms with E-state index in [-0.39, 0.29) is 11.8 Å². The molecule has 120 valence electrons. The van der Waals surface area contributed by atoms with E-state index in [2.05, 4.69) is 20.9 Å². The first kappa shape index (κ1) is 16.5. The quantitative estimate of drug-likeness (QED) is 0.731. The van der Waals surface area contributed by atoms with Gasteiger partial charge >= 0.3 is 0 Å². The average Bonchev–Trinajstić information content (AvgIpc) is 2.54. The molecule has 0 saturated carbocycles. The Morgan fingerprint density at radius 1 is 1.09 bits per heavy atom. The Morgan fingerprint density at radius 2 is 1.83 bits per heavy atom. The number of nitrogens with one attached hydrogen (secondary N) is 3. The summed E-state index contributed by atoms with van der Waals surface area (Å²) in [6, 6.07) is 11.1. The maximum absolute atomic E-state index is 11.8. The van der Waals surface area contributed by atoms with Crippen LogP contribution in [0.2, 0.25) is 0 Å². The molecule has 1 aromatic heterocycles. The molecule has 23 heavy (non-hydrogen) atoms. The molecule has 1 heterocycles. The van der Waals surface area contributed by atoms with Gasteiger partial charge in [-0.15, -0.1) is 0 Å². The van der Waals surface area contributed by atoms with E-state index in [9.17, 15) is 9.59 Å². The lowest BCUT2D eigenvalue weighted by Crippen LogP contribution is -2.24. The highest BCUT2D eigenvalue weighted by atomic mass is 16.2. The molecule has 0 fully saturated rings. The molecule has 2 amide bonds. The number of carbonyl (C=O) groups is 2. The predicted octanol–water partition coefficient (Wildman–Crippen LogP) is 2.16. The lowest BCUT2D eigenvalue weighted by atomic mass is 10.2. The van der Waals surface area contributed by atoms with Crippen molar-refractivity contribution in [3.63, 3.8) is 0 Å². The van der Waals surface area contributed by atoms with E-state index in [0.29, 0.717) is 19.5 Å². The SMILES string of the molecule is CC(=O)Nc1cccc(NCCC(=O)NCc2ccncc2)c1. The average molecular weight is 312 g/mol. The van der Waals surface area contributed by atoms with E-state index in [1.54, 1.807) is 12.4 Å². The van der Waals surface area contributed by atoms with Gasteiger partial charge < -0.3 is 16.0 Å². The molecule has 1 aromatic carbocycles. The van der Waals surface area contributed by atoms with Crippen LogP contribution >= 0.6 is 0 Å². The number of carbonyl (C=O) groups excluding carboxylic acids is 2.